The Morgan fingerprint density at radius 1 is 1.00 bits per heavy atom. The van der Waals surface area contributed by atoms with E-state index in [2.05, 4.69) is 17.1 Å². The number of alkyl halides is 3. The number of amides is 1. The van der Waals surface area contributed by atoms with Crippen molar-refractivity contribution in [2.75, 3.05) is 19.8 Å². The number of nitrogens with zero attached hydrogens (tertiary/aromatic N) is 2. The number of hydrogen-bond donors (Lipinski definition) is 1. The Labute approximate surface area is 211 Å². The highest BCUT2D eigenvalue weighted by Crippen LogP contribution is 2.46. The molecule has 3 aromatic rings. The predicted octanol–water partition coefficient (Wildman–Crippen LogP) is 5.10. The molecule has 1 aromatic heterocycles. The lowest BCUT2D eigenvalue weighted by molar-refractivity contribution is -0.155. The Hall–Kier alpha value is -3.43. The van der Waals surface area contributed by atoms with Crippen LogP contribution in [0.4, 0.5) is 18.0 Å². The number of hydrogen-bond acceptors (Lipinski definition) is 5. The van der Waals surface area contributed by atoms with Crippen LogP contribution in [0.5, 0.6) is 0 Å². The van der Waals surface area contributed by atoms with Gasteiger partial charge in [0.2, 0.25) is 0 Å². The van der Waals surface area contributed by atoms with Crippen LogP contribution < -0.4 is 0 Å². The molecule has 9 heteroatoms. The highest BCUT2D eigenvalue weighted by Gasteiger charge is 2.52. The largest absolute Gasteiger partial charge is 0.448 e. The van der Waals surface area contributed by atoms with Crippen molar-refractivity contribution in [3.8, 4) is 11.1 Å². The molecule has 2 aromatic carbocycles. The standard InChI is InChI=1S/C28H25F3N2O4/c29-28(30,31)25-24(10-5-11-32-25)27(35)12-17-14-36-15-18(13-27)33(17)26(34)37-16-23-21-8-3-1-6-19(21)20-7-2-4-9-22(20)23/h1-11,17-18,23,35H,12-16H2. The van der Waals surface area contributed by atoms with E-state index in [0.717, 1.165) is 28.5 Å². The van der Waals surface area contributed by atoms with Crippen molar-refractivity contribution in [2.45, 2.75) is 42.6 Å². The molecule has 192 valence electrons. The molecule has 2 bridgehead atoms. The molecule has 1 N–H and O–H groups in total. The normalized spacial score (nSPS) is 24.9. The maximum atomic E-state index is 13.6. The molecule has 3 aliphatic rings. The van der Waals surface area contributed by atoms with Crippen molar-refractivity contribution < 1.29 is 32.5 Å². The lowest BCUT2D eigenvalue weighted by Crippen LogP contribution is -2.63. The van der Waals surface area contributed by atoms with E-state index in [-0.39, 0.29) is 44.1 Å². The van der Waals surface area contributed by atoms with Crippen LogP contribution in [-0.2, 0) is 21.3 Å². The number of rotatable bonds is 3. The topological polar surface area (TPSA) is 71.9 Å². The number of fused-ring (bicyclic) bond motifs is 5. The zero-order valence-electron chi connectivity index (χ0n) is 19.8. The SMILES string of the molecule is O=C(OCC1c2ccccc2-c2ccccc21)N1C2COCC1CC(O)(c1cccnc1C(F)(F)F)C2. The second-order valence-corrected chi connectivity index (χ2v) is 9.89. The summed E-state index contributed by atoms with van der Waals surface area (Å²) in [6.07, 6.45) is -4.41. The fourth-order valence-corrected chi connectivity index (χ4v) is 6.17. The summed E-state index contributed by atoms with van der Waals surface area (Å²) in [5.41, 5.74) is 1.23. The van der Waals surface area contributed by atoms with Gasteiger partial charge in [0.15, 0.2) is 0 Å². The maximum Gasteiger partial charge on any atom is 0.433 e. The zero-order chi connectivity index (χ0) is 25.8. The maximum absolute atomic E-state index is 13.6. The monoisotopic (exact) mass is 510 g/mol. The van der Waals surface area contributed by atoms with E-state index in [4.69, 9.17) is 9.47 Å². The van der Waals surface area contributed by atoms with Crippen LogP contribution >= 0.6 is 0 Å². The van der Waals surface area contributed by atoms with Gasteiger partial charge in [0.1, 0.15) is 12.3 Å². The van der Waals surface area contributed by atoms with Crippen molar-refractivity contribution in [3.05, 3.63) is 89.2 Å². The number of morpholine rings is 1. The summed E-state index contributed by atoms with van der Waals surface area (Å²) >= 11 is 0. The molecule has 2 aliphatic heterocycles. The number of piperidine rings is 1. The van der Waals surface area contributed by atoms with Crippen LogP contribution in [0.25, 0.3) is 11.1 Å². The Morgan fingerprint density at radius 3 is 2.19 bits per heavy atom. The summed E-state index contributed by atoms with van der Waals surface area (Å²) in [5, 5.41) is 11.4. The van der Waals surface area contributed by atoms with Crippen LogP contribution in [0.15, 0.2) is 66.9 Å². The van der Waals surface area contributed by atoms with Crippen LogP contribution in [0.3, 0.4) is 0 Å². The molecule has 2 saturated heterocycles. The minimum Gasteiger partial charge on any atom is -0.448 e. The minimum absolute atomic E-state index is 0.102. The van der Waals surface area contributed by atoms with E-state index in [9.17, 15) is 23.1 Å². The van der Waals surface area contributed by atoms with Crippen molar-refractivity contribution in [2.24, 2.45) is 0 Å². The number of halogens is 3. The van der Waals surface area contributed by atoms with Crippen LogP contribution in [0.1, 0.15) is 41.1 Å². The first kappa shape index (κ1) is 23.9. The second-order valence-electron chi connectivity index (χ2n) is 9.89. The van der Waals surface area contributed by atoms with Gasteiger partial charge in [-0.3, -0.25) is 9.88 Å². The van der Waals surface area contributed by atoms with E-state index in [0.29, 0.717) is 0 Å². The molecule has 2 atom stereocenters. The lowest BCUT2D eigenvalue weighted by atomic mass is 9.76. The van der Waals surface area contributed by atoms with Crippen molar-refractivity contribution in [1.29, 1.82) is 0 Å². The molecule has 2 unspecified atom stereocenters. The van der Waals surface area contributed by atoms with Gasteiger partial charge in [-0.2, -0.15) is 13.2 Å². The zero-order valence-corrected chi connectivity index (χ0v) is 19.8. The Morgan fingerprint density at radius 2 is 1.59 bits per heavy atom. The third kappa shape index (κ3) is 4.06. The highest BCUT2D eigenvalue weighted by atomic mass is 19.4. The van der Waals surface area contributed by atoms with Gasteiger partial charge >= 0.3 is 12.3 Å². The van der Waals surface area contributed by atoms with Gasteiger partial charge < -0.3 is 14.6 Å². The summed E-state index contributed by atoms with van der Waals surface area (Å²) in [7, 11) is 0. The summed E-state index contributed by atoms with van der Waals surface area (Å²) in [6.45, 7) is 0.337. The Balaban J connectivity index is 1.22. The van der Waals surface area contributed by atoms with Gasteiger partial charge in [0, 0.05) is 30.5 Å². The molecular weight excluding hydrogens is 485 g/mol. The molecule has 2 fully saturated rings. The third-order valence-electron chi connectivity index (χ3n) is 7.68. The van der Waals surface area contributed by atoms with E-state index >= 15 is 0 Å². The molecule has 0 saturated carbocycles. The molecule has 0 spiro atoms. The fourth-order valence-electron chi connectivity index (χ4n) is 6.17. The van der Waals surface area contributed by atoms with E-state index in [1.54, 1.807) is 0 Å². The quantitative estimate of drug-likeness (QED) is 0.531. The van der Waals surface area contributed by atoms with Crippen molar-refractivity contribution in [3.63, 3.8) is 0 Å². The summed E-state index contributed by atoms with van der Waals surface area (Å²) < 4.78 is 52.4. The number of ether oxygens (including phenoxy) is 2. The molecule has 37 heavy (non-hydrogen) atoms. The number of carbonyl (C=O) groups excluding carboxylic acids is 1. The molecule has 1 aliphatic carbocycles. The predicted molar refractivity (Wildman–Crippen MR) is 128 cm³/mol. The van der Waals surface area contributed by atoms with Crippen molar-refractivity contribution in [1.82, 2.24) is 9.88 Å². The third-order valence-corrected chi connectivity index (χ3v) is 7.68. The molecule has 6 nitrogen and oxygen atoms in total. The number of carbonyl (C=O) groups is 1. The van der Waals surface area contributed by atoms with Crippen LogP contribution in [0.2, 0.25) is 0 Å². The van der Waals surface area contributed by atoms with Crippen molar-refractivity contribution >= 4 is 6.09 Å². The number of aromatic nitrogens is 1. The number of benzene rings is 2. The molecule has 3 heterocycles. The first-order valence-corrected chi connectivity index (χ1v) is 12.2. The fraction of sp³-hybridized carbons (Fsp3) is 0.357. The Kier molecular flexibility index (Phi) is 5.72. The van der Waals surface area contributed by atoms with Gasteiger partial charge in [-0.25, -0.2) is 4.79 Å². The smallest absolute Gasteiger partial charge is 0.433 e. The van der Waals surface area contributed by atoms with Gasteiger partial charge in [0.05, 0.1) is 30.9 Å². The van der Waals surface area contributed by atoms with E-state index in [1.165, 1.54) is 17.0 Å². The summed E-state index contributed by atoms with van der Waals surface area (Å²) in [5.74, 6) is -0.112. The van der Waals surface area contributed by atoms with E-state index in [1.807, 2.05) is 36.4 Å². The van der Waals surface area contributed by atoms with Crippen LogP contribution in [0, 0.1) is 0 Å². The van der Waals surface area contributed by atoms with Gasteiger partial charge in [0.25, 0.3) is 0 Å². The first-order chi connectivity index (χ1) is 17.8. The van der Waals surface area contributed by atoms with Crippen LogP contribution in [-0.4, -0.2) is 53.0 Å². The van der Waals surface area contributed by atoms with Gasteiger partial charge in [-0.05, 0) is 28.3 Å². The minimum atomic E-state index is -4.71. The van der Waals surface area contributed by atoms with Gasteiger partial charge in [-0.1, -0.05) is 54.6 Å². The average Bonchev–Trinajstić information content (AvgIpc) is 3.20. The molecule has 1 amide bonds. The number of aliphatic hydroxyl groups is 1. The van der Waals surface area contributed by atoms with E-state index < -0.39 is 35.6 Å². The molecule has 0 radical (unpaired) electrons. The Bertz CT molecular complexity index is 1290. The second kappa shape index (κ2) is 8.85. The summed E-state index contributed by atoms with van der Waals surface area (Å²) in [4.78, 5) is 18.4. The summed E-state index contributed by atoms with van der Waals surface area (Å²) in [6, 6.07) is 17.4. The first-order valence-electron chi connectivity index (χ1n) is 12.2. The number of pyridine rings is 1. The van der Waals surface area contributed by atoms with Gasteiger partial charge in [-0.15, -0.1) is 0 Å². The average molecular weight is 511 g/mol. The lowest BCUT2D eigenvalue weighted by Gasteiger charge is -2.51. The molecule has 6 rings (SSSR count). The highest BCUT2D eigenvalue weighted by molar-refractivity contribution is 5.79. The molecular formula is C28H25F3N2O4.